The summed E-state index contributed by atoms with van der Waals surface area (Å²) in [5.41, 5.74) is 5.07. The third kappa shape index (κ3) is 3.32. The lowest BCUT2D eigenvalue weighted by Gasteiger charge is -2.11. The van der Waals surface area contributed by atoms with Gasteiger partial charge in [0.15, 0.2) is 0 Å². The number of carbonyl (C=O) groups is 1. The maximum atomic E-state index is 13.0. The van der Waals surface area contributed by atoms with Crippen molar-refractivity contribution in [2.75, 3.05) is 7.11 Å². The summed E-state index contributed by atoms with van der Waals surface area (Å²) in [7, 11) is 1.65. The Morgan fingerprint density at radius 3 is 2.33 bits per heavy atom. The Labute approximate surface area is 158 Å². The summed E-state index contributed by atoms with van der Waals surface area (Å²) in [6, 6.07) is 25.1. The smallest absolute Gasteiger partial charge is 0.211 e. The molecule has 0 unspecified atom stereocenters. The number of hydrogen-bond donors (Lipinski definition) is 0. The number of benzene rings is 3. The van der Waals surface area contributed by atoms with Crippen molar-refractivity contribution in [2.24, 2.45) is 0 Å². The summed E-state index contributed by atoms with van der Waals surface area (Å²) >= 11 is 0. The highest BCUT2D eigenvalue weighted by Gasteiger charge is 2.15. The van der Waals surface area contributed by atoms with E-state index < -0.39 is 0 Å². The van der Waals surface area contributed by atoms with Crippen LogP contribution in [0.25, 0.3) is 22.0 Å². The van der Waals surface area contributed by atoms with E-state index in [1.54, 1.807) is 7.11 Å². The summed E-state index contributed by atoms with van der Waals surface area (Å²) in [5.74, 6) is 0.724. The van der Waals surface area contributed by atoms with E-state index in [0.717, 1.165) is 33.3 Å². The second kappa shape index (κ2) is 7.04. The van der Waals surface area contributed by atoms with Gasteiger partial charge in [0.25, 0.3) is 0 Å². The number of ether oxygens (including phenoxy) is 1. The highest BCUT2D eigenvalue weighted by molar-refractivity contribution is 6.10. The number of fused-ring (bicyclic) bond motifs is 1. The fourth-order valence-corrected chi connectivity index (χ4v) is 3.20. The van der Waals surface area contributed by atoms with Crippen LogP contribution in [0.2, 0.25) is 0 Å². The first-order chi connectivity index (χ1) is 13.2. The lowest BCUT2D eigenvalue weighted by atomic mass is 9.97. The largest absolute Gasteiger partial charge is 0.497 e. The lowest BCUT2D eigenvalue weighted by molar-refractivity contribution is 0.103. The zero-order valence-electron chi connectivity index (χ0n) is 15.3. The molecule has 0 saturated carbocycles. The third-order valence-corrected chi connectivity index (χ3v) is 4.63. The molecule has 3 heteroatoms. The number of ketones is 1. The monoisotopic (exact) mass is 353 g/mol. The molecule has 0 saturated heterocycles. The fraction of sp³-hybridized carbons (Fsp3) is 0.0833. The Kier molecular flexibility index (Phi) is 4.43. The van der Waals surface area contributed by atoms with Gasteiger partial charge in [0, 0.05) is 10.9 Å². The van der Waals surface area contributed by atoms with Gasteiger partial charge < -0.3 is 4.74 Å². The number of aryl methyl sites for hydroxylation is 1. The van der Waals surface area contributed by atoms with E-state index in [-0.39, 0.29) is 5.78 Å². The predicted molar refractivity (Wildman–Crippen MR) is 108 cm³/mol. The molecule has 0 atom stereocenters. The van der Waals surface area contributed by atoms with Gasteiger partial charge in [-0.2, -0.15) is 0 Å². The molecular weight excluding hydrogens is 334 g/mol. The Balaban J connectivity index is 1.92. The molecule has 0 aliphatic heterocycles. The van der Waals surface area contributed by atoms with Crippen LogP contribution in [0.1, 0.15) is 21.6 Å². The highest BCUT2D eigenvalue weighted by atomic mass is 16.5. The first-order valence-corrected chi connectivity index (χ1v) is 8.81. The van der Waals surface area contributed by atoms with E-state index in [2.05, 4.69) is 18.0 Å². The zero-order chi connectivity index (χ0) is 18.8. The van der Waals surface area contributed by atoms with Gasteiger partial charge in [0.2, 0.25) is 5.78 Å². The molecule has 132 valence electrons. The Bertz CT molecular complexity index is 1120. The van der Waals surface area contributed by atoms with Crippen LogP contribution in [0.5, 0.6) is 5.75 Å². The summed E-state index contributed by atoms with van der Waals surface area (Å²) in [4.78, 5) is 17.6. The Morgan fingerprint density at radius 2 is 1.63 bits per heavy atom. The van der Waals surface area contributed by atoms with Crippen LogP contribution in [0.4, 0.5) is 0 Å². The van der Waals surface area contributed by atoms with E-state index >= 15 is 0 Å². The van der Waals surface area contributed by atoms with Gasteiger partial charge in [0.05, 0.1) is 12.6 Å². The average molecular weight is 353 g/mol. The number of nitrogens with zero attached hydrogens (tertiary/aromatic N) is 1. The van der Waals surface area contributed by atoms with Gasteiger partial charge in [-0.1, -0.05) is 54.1 Å². The maximum absolute atomic E-state index is 13.0. The van der Waals surface area contributed by atoms with Crippen LogP contribution in [0, 0.1) is 6.92 Å². The summed E-state index contributed by atoms with van der Waals surface area (Å²) in [5, 5.41) is 1.03. The van der Waals surface area contributed by atoms with Crippen LogP contribution in [-0.4, -0.2) is 17.9 Å². The van der Waals surface area contributed by atoms with E-state index in [9.17, 15) is 4.79 Å². The van der Waals surface area contributed by atoms with E-state index in [1.807, 2.05) is 72.8 Å². The van der Waals surface area contributed by atoms with Crippen molar-refractivity contribution in [3.63, 3.8) is 0 Å². The summed E-state index contributed by atoms with van der Waals surface area (Å²) in [6.45, 7) is 2.06. The molecule has 1 heterocycles. The van der Waals surface area contributed by atoms with E-state index in [4.69, 9.17) is 4.74 Å². The first kappa shape index (κ1) is 17.0. The molecule has 4 aromatic rings. The second-order valence-electron chi connectivity index (χ2n) is 6.50. The van der Waals surface area contributed by atoms with Crippen LogP contribution in [0.15, 0.2) is 78.9 Å². The van der Waals surface area contributed by atoms with E-state index in [0.29, 0.717) is 11.3 Å². The molecule has 0 aliphatic carbocycles. The topological polar surface area (TPSA) is 39.2 Å². The van der Waals surface area contributed by atoms with Crippen molar-refractivity contribution in [1.29, 1.82) is 0 Å². The zero-order valence-corrected chi connectivity index (χ0v) is 15.3. The van der Waals surface area contributed by atoms with Crippen molar-refractivity contribution < 1.29 is 9.53 Å². The molecule has 0 aliphatic rings. The summed E-state index contributed by atoms with van der Waals surface area (Å²) < 4.78 is 5.26. The number of carbonyl (C=O) groups excluding carboxylic acids is 1. The number of rotatable bonds is 4. The minimum atomic E-state index is -0.0761. The maximum Gasteiger partial charge on any atom is 0.211 e. The molecule has 0 amide bonds. The number of aromatic nitrogens is 1. The van der Waals surface area contributed by atoms with E-state index in [1.165, 1.54) is 0 Å². The van der Waals surface area contributed by atoms with Crippen molar-refractivity contribution in [2.45, 2.75) is 6.92 Å². The van der Waals surface area contributed by atoms with Crippen molar-refractivity contribution in [1.82, 2.24) is 4.98 Å². The standard InChI is InChI=1S/C24H19NO2/c1-16-8-13-22-21(14-16)20(17-9-11-19(27-2)12-10-17)15-23(25-22)24(26)18-6-4-3-5-7-18/h3-15H,1-2H3. The minimum absolute atomic E-state index is 0.0761. The van der Waals surface area contributed by atoms with Crippen LogP contribution in [0.3, 0.4) is 0 Å². The minimum Gasteiger partial charge on any atom is -0.497 e. The first-order valence-electron chi connectivity index (χ1n) is 8.81. The van der Waals surface area contributed by atoms with Crippen molar-refractivity contribution in [3.8, 4) is 16.9 Å². The Hall–Kier alpha value is -3.46. The third-order valence-electron chi connectivity index (χ3n) is 4.63. The van der Waals surface area contributed by atoms with Gasteiger partial charge in [-0.05, 0) is 48.4 Å². The fourth-order valence-electron chi connectivity index (χ4n) is 3.20. The van der Waals surface area contributed by atoms with Gasteiger partial charge in [-0.15, -0.1) is 0 Å². The van der Waals surface area contributed by atoms with Crippen molar-refractivity contribution >= 4 is 16.7 Å². The van der Waals surface area contributed by atoms with Gasteiger partial charge in [-0.3, -0.25) is 4.79 Å². The number of hydrogen-bond acceptors (Lipinski definition) is 3. The average Bonchev–Trinajstić information content (AvgIpc) is 2.73. The van der Waals surface area contributed by atoms with Crippen LogP contribution < -0.4 is 4.74 Å². The molecular formula is C24H19NO2. The number of pyridine rings is 1. The quantitative estimate of drug-likeness (QED) is 0.458. The predicted octanol–water partition coefficient (Wildman–Crippen LogP) is 5.45. The SMILES string of the molecule is COc1ccc(-c2cc(C(=O)c3ccccc3)nc3ccc(C)cc23)cc1. The molecule has 0 fully saturated rings. The normalized spacial score (nSPS) is 10.7. The number of methoxy groups -OCH3 is 1. The lowest BCUT2D eigenvalue weighted by Crippen LogP contribution is -2.05. The van der Waals surface area contributed by atoms with Crippen LogP contribution in [-0.2, 0) is 0 Å². The molecule has 0 bridgehead atoms. The molecule has 27 heavy (non-hydrogen) atoms. The molecule has 3 nitrogen and oxygen atoms in total. The summed E-state index contributed by atoms with van der Waals surface area (Å²) in [6.07, 6.45) is 0. The van der Waals surface area contributed by atoms with Gasteiger partial charge >= 0.3 is 0 Å². The Morgan fingerprint density at radius 1 is 0.889 bits per heavy atom. The van der Waals surface area contributed by atoms with Crippen molar-refractivity contribution in [3.05, 3.63) is 95.7 Å². The molecule has 3 aromatic carbocycles. The molecule has 0 radical (unpaired) electrons. The van der Waals surface area contributed by atoms with Gasteiger partial charge in [0.1, 0.15) is 11.4 Å². The second-order valence-corrected chi connectivity index (χ2v) is 6.50. The molecule has 0 spiro atoms. The molecule has 4 rings (SSSR count). The molecule has 0 N–H and O–H groups in total. The highest BCUT2D eigenvalue weighted by Crippen LogP contribution is 2.31. The van der Waals surface area contributed by atoms with Gasteiger partial charge in [-0.25, -0.2) is 4.98 Å². The molecule has 1 aromatic heterocycles. The van der Waals surface area contributed by atoms with Crippen LogP contribution >= 0.6 is 0 Å².